The third-order valence-corrected chi connectivity index (χ3v) is 1.88. The number of ether oxygens (including phenoxy) is 1. The molecule has 66 valence electrons. The molecule has 5 heteroatoms. The Kier molecular flexibility index (Phi) is 2.52. The Hall–Kier alpha value is -0.840. The van der Waals surface area contributed by atoms with Gasteiger partial charge in [0.25, 0.3) is 0 Å². The normalized spacial score (nSPS) is 10.0. The highest BCUT2D eigenvalue weighted by Crippen LogP contribution is 2.33. The Morgan fingerprint density at radius 3 is 2.50 bits per heavy atom. The fraction of sp³-hybridized carbons (Fsp3) is 0.143. The minimum absolute atomic E-state index is 0.0433. The first kappa shape index (κ1) is 9.25. The molecule has 0 amide bonds. The van der Waals surface area contributed by atoms with Crippen LogP contribution in [0.5, 0.6) is 11.5 Å². The van der Waals surface area contributed by atoms with Gasteiger partial charge in [0.1, 0.15) is 0 Å². The molecule has 0 spiro atoms. The molecule has 0 unspecified atom stereocenters. The van der Waals surface area contributed by atoms with E-state index < -0.39 is 23.1 Å². The van der Waals surface area contributed by atoms with E-state index in [0.29, 0.717) is 0 Å². The monoisotopic (exact) mass is 238 g/mol. The fourth-order valence-corrected chi connectivity index (χ4v) is 1.14. The van der Waals surface area contributed by atoms with Crippen molar-refractivity contribution in [2.45, 2.75) is 0 Å². The minimum Gasteiger partial charge on any atom is -0.505 e. The van der Waals surface area contributed by atoms with Crippen molar-refractivity contribution in [3.8, 4) is 11.5 Å². The Morgan fingerprint density at radius 2 is 2.00 bits per heavy atom. The van der Waals surface area contributed by atoms with E-state index >= 15 is 0 Å². The van der Waals surface area contributed by atoms with Crippen LogP contribution in [0.3, 0.4) is 0 Å². The van der Waals surface area contributed by atoms with E-state index in [2.05, 4.69) is 20.7 Å². The second kappa shape index (κ2) is 3.26. The van der Waals surface area contributed by atoms with Gasteiger partial charge in [-0.1, -0.05) is 0 Å². The van der Waals surface area contributed by atoms with Crippen molar-refractivity contribution in [2.75, 3.05) is 7.11 Å². The van der Waals surface area contributed by atoms with Crippen molar-refractivity contribution in [2.24, 2.45) is 0 Å². The molecule has 0 saturated heterocycles. The average Bonchev–Trinajstić information content (AvgIpc) is 2.02. The maximum absolute atomic E-state index is 12.9. The van der Waals surface area contributed by atoms with Crippen LogP contribution in [0, 0.1) is 11.6 Å². The third-order valence-electron chi connectivity index (χ3n) is 1.30. The summed E-state index contributed by atoms with van der Waals surface area (Å²) < 4.78 is 30.1. The van der Waals surface area contributed by atoms with E-state index in [0.717, 1.165) is 13.2 Å². The van der Waals surface area contributed by atoms with Gasteiger partial charge in [0.05, 0.1) is 11.6 Å². The predicted octanol–water partition coefficient (Wildman–Crippen LogP) is 2.44. The SMILES string of the molecule is COc1c(F)c(O)cc(Br)c1F. The molecule has 0 aromatic heterocycles. The van der Waals surface area contributed by atoms with Crippen LogP contribution in [0.15, 0.2) is 10.5 Å². The van der Waals surface area contributed by atoms with E-state index in [1.807, 2.05) is 0 Å². The lowest BCUT2D eigenvalue weighted by atomic mass is 10.3. The van der Waals surface area contributed by atoms with Gasteiger partial charge >= 0.3 is 0 Å². The van der Waals surface area contributed by atoms with E-state index in [-0.39, 0.29) is 4.47 Å². The molecule has 0 saturated carbocycles. The van der Waals surface area contributed by atoms with Gasteiger partial charge in [-0.2, -0.15) is 4.39 Å². The number of phenolic OH excluding ortho intramolecular Hbond substituents is 1. The Bertz CT molecular complexity index is 289. The summed E-state index contributed by atoms with van der Waals surface area (Å²) in [6.07, 6.45) is 0. The molecule has 0 radical (unpaired) electrons. The van der Waals surface area contributed by atoms with Crippen LogP contribution in [0.2, 0.25) is 0 Å². The number of hydrogen-bond donors (Lipinski definition) is 1. The highest BCUT2D eigenvalue weighted by molar-refractivity contribution is 9.10. The zero-order valence-electron chi connectivity index (χ0n) is 6.07. The van der Waals surface area contributed by atoms with Crippen LogP contribution in [-0.2, 0) is 0 Å². The first-order valence-corrected chi connectivity index (χ1v) is 3.77. The fourth-order valence-electron chi connectivity index (χ4n) is 0.747. The molecule has 0 atom stereocenters. The van der Waals surface area contributed by atoms with Crippen LogP contribution in [0.4, 0.5) is 8.78 Å². The zero-order chi connectivity index (χ0) is 9.30. The molecule has 1 rings (SSSR count). The quantitative estimate of drug-likeness (QED) is 0.762. The van der Waals surface area contributed by atoms with Gasteiger partial charge < -0.3 is 9.84 Å². The number of halogens is 3. The molecular weight excluding hydrogens is 234 g/mol. The van der Waals surface area contributed by atoms with Gasteiger partial charge in [0.15, 0.2) is 17.3 Å². The number of benzene rings is 1. The number of rotatable bonds is 1. The van der Waals surface area contributed by atoms with E-state index in [4.69, 9.17) is 5.11 Å². The van der Waals surface area contributed by atoms with Gasteiger partial charge in [0.2, 0.25) is 5.82 Å². The van der Waals surface area contributed by atoms with Crippen LogP contribution in [0.25, 0.3) is 0 Å². The summed E-state index contributed by atoms with van der Waals surface area (Å²) in [5.41, 5.74) is 0. The van der Waals surface area contributed by atoms with Crippen LogP contribution >= 0.6 is 15.9 Å². The summed E-state index contributed by atoms with van der Waals surface area (Å²) in [7, 11) is 1.12. The molecule has 0 aliphatic rings. The molecule has 1 N–H and O–H groups in total. The van der Waals surface area contributed by atoms with Crippen molar-refractivity contribution in [3.05, 3.63) is 22.2 Å². The molecule has 0 aliphatic carbocycles. The molecule has 0 aliphatic heterocycles. The first-order valence-electron chi connectivity index (χ1n) is 2.98. The van der Waals surface area contributed by atoms with Crippen molar-refractivity contribution in [1.82, 2.24) is 0 Å². The summed E-state index contributed by atoms with van der Waals surface area (Å²) in [5, 5.41) is 8.88. The number of phenols is 1. The maximum Gasteiger partial charge on any atom is 0.209 e. The van der Waals surface area contributed by atoms with E-state index in [1.54, 1.807) is 0 Å². The lowest BCUT2D eigenvalue weighted by molar-refractivity contribution is 0.341. The van der Waals surface area contributed by atoms with Crippen molar-refractivity contribution in [1.29, 1.82) is 0 Å². The lowest BCUT2D eigenvalue weighted by Gasteiger charge is -2.05. The predicted molar refractivity (Wildman–Crippen MR) is 42.3 cm³/mol. The molecule has 0 bridgehead atoms. The number of aromatic hydroxyl groups is 1. The molecule has 1 aromatic rings. The summed E-state index contributed by atoms with van der Waals surface area (Å²) in [5.74, 6) is -3.21. The van der Waals surface area contributed by atoms with Crippen LogP contribution < -0.4 is 4.74 Å². The van der Waals surface area contributed by atoms with Gasteiger partial charge in [-0.15, -0.1) is 0 Å². The van der Waals surface area contributed by atoms with E-state index in [1.165, 1.54) is 0 Å². The van der Waals surface area contributed by atoms with E-state index in [9.17, 15) is 8.78 Å². The second-order valence-electron chi connectivity index (χ2n) is 2.04. The van der Waals surface area contributed by atoms with Crippen molar-refractivity contribution in [3.63, 3.8) is 0 Å². The Morgan fingerprint density at radius 1 is 1.42 bits per heavy atom. The Balaban J connectivity index is 3.42. The summed E-state index contributed by atoms with van der Waals surface area (Å²) in [6, 6.07) is 0.924. The molecular formula is C7H5BrF2O2. The Labute approximate surface area is 75.9 Å². The van der Waals surface area contributed by atoms with Crippen molar-refractivity contribution >= 4 is 15.9 Å². The van der Waals surface area contributed by atoms with Gasteiger partial charge in [-0.25, -0.2) is 4.39 Å². The largest absolute Gasteiger partial charge is 0.505 e. The summed E-state index contributed by atoms with van der Waals surface area (Å²) in [4.78, 5) is 0. The first-order chi connectivity index (χ1) is 5.57. The van der Waals surface area contributed by atoms with Gasteiger partial charge in [-0.3, -0.25) is 0 Å². The number of methoxy groups -OCH3 is 1. The molecule has 0 heterocycles. The van der Waals surface area contributed by atoms with Gasteiger partial charge in [0, 0.05) is 6.07 Å². The highest BCUT2D eigenvalue weighted by atomic mass is 79.9. The van der Waals surface area contributed by atoms with Crippen LogP contribution in [-0.4, -0.2) is 12.2 Å². The molecule has 2 nitrogen and oxygen atoms in total. The third kappa shape index (κ3) is 1.36. The molecule has 0 fully saturated rings. The summed E-state index contributed by atoms with van der Waals surface area (Å²) in [6.45, 7) is 0. The minimum atomic E-state index is -1.10. The van der Waals surface area contributed by atoms with Crippen LogP contribution in [0.1, 0.15) is 0 Å². The number of hydrogen-bond acceptors (Lipinski definition) is 2. The second-order valence-corrected chi connectivity index (χ2v) is 2.89. The van der Waals surface area contributed by atoms with Gasteiger partial charge in [-0.05, 0) is 15.9 Å². The lowest BCUT2D eigenvalue weighted by Crippen LogP contribution is -1.93. The summed E-state index contributed by atoms with van der Waals surface area (Å²) >= 11 is 2.79. The molecule has 1 aromatic carbocycles. The zero-order valence-corrected chi connectivity index (χ0v) is 7.65. The maximum atomic E-state index is 12.9. The smallest absolute Gasteiger partial charge is 0.209 e. The molecule has 12 heavy (non-hydrogen) atoms. The van der Waals surface area contributed by atoms with Crippen molar-refractivity contribution < 1.29 is 18.6 Å². The average molecular weight is 239 g/mol. The highest BCUT2D eigenvalue weighted by Gasteiger charge is 2.17. The standard InChI is InChI=1S/C7H5BrF2O2/c1-12-7-5(9)3(8)2-4(11)6(7)10/h2,11H,1H3. The topological polar surface area (TPSA) is 29.5 Å².